The smallest absolute Gasteiger partial charge is 0.191 e. The quantitative estimate of drug-likeness (QED) is 0.758. The molecule has 78 valence electrons. The van der Waals surface area contributed by atoms with Crippen LogP contribution in [0.4, 0.5) is 0 Å². The van der Waals surface area contributed by atoms with Gasteiger partial charge in [0.2, 0.25) is 0 Å². The lowest BCUT2D eigenvalue weighted by Gasteiger charge is -2.23. The Kier molecular flexibility index (Phi) is 3.08. The van der Waals surface area contributed by atoms with Crippen LogP contribution < -0.4 is 5.73 Å². The largest absolute Gasteiger partial charge is 0.321 e. The molecule has 0 saturated heterocycles. The van der Waals surface area contributed by atoms with E-state index in [9.17, 15) is 0 Å². The van der Waals surface area contributed by atoms with Gasteiger partial charge < -0.3 is 5.73 Å². The fraction of sp³-hybridized carbons (Fsp3) is 0.889. The van der Waals surface area contributed by atoms with Crippen LogP contribution >= 0.6 is 0 Å². The van der Waals surface area contributed by atoms with Gasteiger partial charge in [-0.2, -0.15) is 5.21 Å². The van der Waals surface area contributed by atoms with Crippen LogP contribution in [0.2, 0.25) is 0 Å². The molecule has 2 rings (SSSR count). The van der Waals surface area contributed by atoms with Gasteiger partial charge in [-0.25, -0.2) is 0 Å². The third-order valence-corrected chi connectivity index (χ3v) is 3.01. The number of nitrogens with one attached hydrogen (secondary N) is 1. The summed E-state index contributed by atoms with van der Waals surface area (Å²) in [5, 5.41) is 13.8. The highest BCUT2D eigenvalue weighted by molar-refractivity contribution is 4.88. The minimum atomic E-state index is -0.0446. The molecule has 1 aromatic rings. The Morgan fingerprint density at radius 2 is 2.14 bits per heavy atom. The standard InChI is InChI=1S/C9H17N5/c10-8(9-11-13-14-12-9)6-7-4-2-1-3-5-7/h7-8H,1-6,10H2,(H,11,12,13,14). The minimum Gasteiger partial charge on any atom is -0.321 e. The number of tetrazole rings is 1. The summed E-state index contributed by atoms with van der Waals surface area (Å²) in [5.41, 5.74) is 5.99. The van der Waals surface area contributed by atoms with Crippen LogP contribution in [0.5, 0.6) is 0 Å². The van der Waals surface area contributed by atoms with Crippen LogP contribution in [0.15, 0.2) is 0 Å². The lowest BCUT2D eigenvalue weighted by Crippen LogP contribution is -2.18. The van der Waals surface area contributed by atoms with Gasteiger partial charge in [0.15, 0.2) is 5.82 Å². The Morgan fingerprint density at radius 1 is 1.36 bits per heavy atom. The highest BCUT2D eigenvalue weighted by Gasteiger charge is 2.19. The van der Waals surface area contributed by atoms with Gasteiger partial charge in [0.05, 0.1) is 6.04 Å². The van der Waals surface area contributed by atoms with Gasteiger partial charge in [-0.3, -0.25) is 0 Å². The van der Waals surface area contributed by atoms with E-state index in [-0.39, 0.29) is 6.04 Å². The number of aromatic amines is 1. The minimum absolute atomic E-state index is 0.0446. The SMILES string of the molecule is NC(CC1CCCCC1)c1nn[nH]n1. The molecule has 1 aliphatic carbocycles. The van der Waals surface area contributed by atoms with Crippen molar-refractivity contribution in [2.24, 2.45) is 11.7 Å². The highest BCUT2D eigenvalue weighted by atomic mass is 15.5. The topological polar surface area (TPSA) is 80.5 Å². The zero-order valence-electron chi connectivity index (χ0n) is 8.32. The average molecular weight is 195 g/mol. The summed E-state index contributed by atoms with van der Waals surface area (Å²) in [6, 6.07) is -0.0446. The van der Waals surface area contributed by atoms with Crippen molar-refractivity contribution in [2.75, 3.05) is 0 Å². The fourth-order valence-electron chi connectivity index (χ4n) is 2.21. The first-order valence-electron chi connectivity index (χ1n) is 5.35. The Bertz CT molecular complexity index is 252. The van der Waals surface area contributed by atoms with E-state index in [1.165, 1.54) is 32.1 Å². The molecule has 0 amide bonds. The Balaban J connectivity index is 1.84. The highest BCUT2D eigenvalue weighted by Crippen LogP contribution is 2.29. The van der Waals surface area contributed by atoms with Crippen molar-refractivity contribution >= 4 is 0 Å². The van der Waals surface area contributed by atoms with Crippen LogP contribution in [0.3, 0.4) is 0 Å². The number of rotatable bonds is 3. The second-order valence-corrected chi connectivity index (χ2v) is 4.12. The van der Waals surface area contributed by atoms with E-state index in [4.69, 9.17) is 5.73 Å². The third kappa shape index (κ3) is 2.29. The maximum atomic E-state index is 5.99. The molecule has 5 heteroatoms. The lowest BCUT2D eigenvalue weighted by molar-refractivity contribution is 0.315. The molecular formula is C9H17N5. The fourth-order valence-corrected chi connectivity index (χ4v) is 2.21. The number of aromatic nitrogens is 4. The van der Waals surface area contributed by atoms with Gasteiger partial charge in [-0.05, 0) is 12.3 Å². The number of H-pyrrole nitrogens is 1. The molecule has 5 nitrogen and oxygen atoms in total. The molecule has 1 unspecified atom stereocenters. The van der Waals surface area contributed by atoms with E-state index in [1.807, 2.05) is 0 Å². The summed E-state index contributed by atoms with van der Waals surface area (Å²) in [7, 11) is 0. The zero-order chi connectivity index (χ0) is 9.80. The van der Waals surface area contributed by atoms with Crippen LogP contribution in [-0.2, 0) is 0 Å². The second-order valence-electron chi connectivity index (χ2n) is 4.12. The van der Waals surface area contributed by atoms with Gasteiger partial charge in [-0.15, -0.1) is 10.2 Å². The van der Waals surface area contributed by atoms with Gasteiger partial charge in [-0.1, -0.05) is 37.3 Å². The van der Waals surface area contributed by atoms with Crippen molar-refractivity contribution in [3.63, 3.8) is 0 Å². The molecular weight excluding hydrogens is 178 g/mol. The lowest BCUT2D eigenvalue weighted by atomic mass is 9.85. The molecule has 1 fully saturated rings. The molecule has 1 aromatic heterocycles. The molecule has 3 N–H and O–H groups in total. The number of nitrogens with zero attached hydrogens (tertiary/aromatic N) is 3. The number of nitrogens with two attached hydrogens (primary N) is 1. The molecule has 0 aromatic carbocycles. The molecule has 0 spiro atoms. The molecule has 1 aliphatic rings. The number of hydrogen-bond donors (Lipinski definition) is 2. The normalized spacial score (nSPS) is 20.9. The summed E-state index contributed by atoms with van der Waals surface area (Å²) in [6.07, 6.45) is 7.71. The summed E-state index contributed by atoms with van der Waals surface area (Å²) in [5.74, 6) is 1.41. The van der Waals surface area contributed by atoms with Crippen molar-refractivity contribution in [2.45, 2.75) is 44.6 Å². The molecule has 0 bridgehead atoms. The van der Waals surface area contributed by atoms with Gasteiger partial charge in [0, 0.05) is 0 Å². The van der Waals surface area contributed by atoms with Gasteiger partial charge in [0.1, 0.15) is 0 Å². The second kappa shape index (κ2) is 4.50. The summed E-state index contributed by atoms with van der Waals surface area (Å²) >= 11 is 0. The monoisotopic (exact) mass is 195 g/mol. The molecule has 0 aliphatic heterocycles. The Labute approximate surface area is 83.5 Å². The first kappa shape index (κ1) is 9.58. The van der Waals surface area contributed by atoms with E-state index in [2.05, 4.69) is 20.6 Å². The predicted octanol–water partition coefficient (Wildman–Crippen LogP) is 1.17. The average Bonchev–Trinajstić information content (AvgIpc) is 2.72. The van der Waals surface area contributed by atoms with Crippen molar-refractivity contribution in [1.82, 2.24) is 20.6 Å². The first-order valence-corrected chi connectivity index (χ1v) is 5.35. The van der Waals surface area contributed by atoms with Crippen LogP contribution in [-0.4, -0.2) is 20.6 Å². The van der Waals surface area contributed by atoms with E-state index in [0.29, 0.717) is 5.82 Å². The van der Waals surface area contributed by atoms with Crippen molar-refractivity contribution in [1.29, 1.82) is 0 Å². The zero-order valence-corrected chi connectivity index (χ0v) is 8.32. The molecule has 1 heterocycles. The van der Waals surface area contributed by atoms with Gasteiger partial charge >= 0.3 is 0 Å². The van der Waals surface area contributed by atoms with Gasteiger partial charge in [0.25, 0.3) is 0 Å². The van der Waals surface area contributed by atoms with Crippen molar-refractivity contribution < 1.29 is 0 Å². The summed E-state index contributed by atoms with van der Waals surface area (Å²) < 4.78 is 0. The Hall–Kier alpha value is -0.970. The Morgan fingerprint density at radius 3 is 2.79 bits per heavy atom. The summed E-state index contributed by atoms with van der Waals surface area (Å²) in [4.78, 5) is 0. The molecule has 1 saturated carbocycles. The van der Waals surface area contributed by atoms with E-state index in [0.717, 1.165) is 12.3 Å². The van der Waals surface area contributed by atoms with Crippen LogP contribution in [0.1, 0.15) is 50.4 Å². The summed E-state index contributed by atoms with van der Waals surface area (Å²) in [6.45, 7) is 0. The predicted molar refractivity (Wildman–Crippen MR) is 52.3 cm³/mol. The van der Waals surface area contributed by atoms with E-state index >= 15 is 0 Å². The first-order chi connectivity index (χ1) is 6.86. The van der Waals surface area contributed by atoms with E-state index in [1.54, 1.807) is 0 Å². The maximum Gasteiger partial charge on any atom is 0.191 e. The maximum absolute atomic E-state index is 5.99. The number of hydrogen-bond acceptors (Lipinski definition) is 4. The van der Waals surface area contributed by atoms with Crippen molar-refractivity contribution in [3.8, 4) is 0 Å². The van der Waals surface area contributed by atoms with Crippen LogP contribution in [0.25, 0.3) is 0 Å². The van der Waals surface area contributed by atoms with Crippen molar-refractivity contribution in [3.05, 3.63) is 5.82 Å². The van der Waals surface area contributed by atoms with E-state index < -0.39 is 0 Å². The molecule has 0 radical (unpaired) electrons. The third-order valence-electron chi connectivity index (χ3n) is 3.01. The molecule has 14 heavy (non-hydrogen) atoms. The molecule has 1 atom stereocenters. The van der Waals surface area contributed by atoms with Crippen LogP contribution in [0, 0.1) is 5.92 Å².